The fourth-order valence-electron chi connectivity index (χ4n) is 2.66. The number of hydrogen-bond acceptors (Lipinski definition) is 5. The summed E-state index contributed by atoms with van der Waals surface area (Å²) >= 11 is 1.73. The van der Waals surface area contributed by atoms with E-state index in [-0.39, 0.29) is 0 Å². The highest BCUT2D eigenvalue weighted by Crippen LogP contribution is 2.20. The Bertz CT molecular complexity index is 746. The van der Waals surface area contributed by atoms with Crippen LogP contribution in [0.1, 0.15) is 35.2 Å². The maximum absolute atomic E-state index is 5.95. The van der Waals surface area contributed by atoms with Gasteiger partial charge in [0.15, 0.2) is 5.96 Å². The van der Waals surface area contributed by atoms with Crippen molar-refractivity contribution in [2.75, 3.05) is 33.9 Å². The molecule has 0 saturated heterocycles. The van der Waals surface area contributed by atoms with Crippen LogP contribution in [0.15, 0.2) is 28.6 Å². The average molecular weight is 405 g/mol. The van der Waals surface area contributed by atoms with Crippen molar-refractivity contribution in [1.82, 2.24) is 15.6 Å². The summed E-state index contributed by atoms with van der Waals surface area (Å²) in [6.07, 6.45) is 2.75. The average Bonchev–Trinajstić information content (AvgIpc) is 3.17. The maximum Gasteiger partial charge on any atom is 0.191 e. The summed E-state index contributed by atoms with van der Waals surface area (Å²) in [5, 5.41) is 10.0. The maximum atomic E-state index is 5.95. The van der Waals surface area contributed by atoms with Crippen LogP contribution >= 0.6 is 11.3 Å². The number of aryl methyl sites for hydroxylation is 2. The first-order valence-electron chi connectivity index (χ1n) is 9.75. The van der Waals surface area contributed by atoms with Crippen molar-refractivity contribution >= 4 is 17.3 Å². The van der Waals surface area contributed by atoms with Gasteiger partial charge in [0.25, 0.3) is 0 Å². The van der Waals surface area contributed by atoms with Crippen LogP contribution < -0.4 is 15.4 Å². The molecule has 1 aromatic carbocycles. The lowest BCUT2D eigenvalue weighted by molar-refractivity contribution is 0.172. The van der Waals surface area contributed by atoms with Gasteiger partial charge in [-0.1, -0.05) is 19.1 Å². The Labute approximate surface area is 172 Å². The molecule has 2 rings (SSSR count). The summed E-state index contributed by atoms with van der Waals surface area (Å²) in [6, 6.07) is 6.28. The molecule has 0 radical (unpaired) electrons. The summed E-state index contributed by atoms with van der Waals surface area (Å²) in [5.74, 6) is 1.69. The summed E-state index contributed by atoms with van der Waals surface area (Å²) in [6.45, 7) is 6.99. The van der Waals surface area contributed by atoms with E-state index in [1.807, 2.05) is 0 Å². The summed E-state index contributed by atoms with van der Waals surface area (Å²) in [4.78, 5) is 8.91. The van der Waals surface area contributed by atoms with Crippen LogP contribution in [0.5, 0.6) is 5.75 Å². The van der Waals surface area contributed by atoms with Gasteiger partial charge in [-0.05, 0) is 25.0 Å². The molecule has 7 heteroatoms. The molecule has 2 aromatic rings. The molecule has 0 spiro atoms. The van der Waals surface area contributed by atoms with E-state index < -0.39 is 0 Å². The molecule has 0 aliphatic heterocycles. The first-order valence-corrected chi connectivity index (χ1v) is 10.6. The predicted octanol–water partition coefficient (Wildman–Crippen LogP) is 3.34. The molecule has 6 nitrogen and oxygen atoms in total. The van der Waals surface area contributed by atoms with E-state index in [1.165, 1.54) is 10.6 Å². The van der Waals surface area contributed by atoms with Gasteiger partial charge in [-0.25, -0.2) is 4.98 Å². The van der Waals surface area contributed by atoms with E-state index in [1.54, 1.807) is 25.5 Å². The largest absolute Gasteiger partial charge is 0.493 e. The number of benzene rings is 1. The second-order valence-corrected chi connectivity index (χ2v) is 7.44. The lowest BCUT2D eigenvalue weighted by Crippen LogP contribution is -2.38. The van der Waals surface area contributed by atoms with Gasteiger partial charge < -0.3 is 20.1 Å². The van der Waals surface area contributed by atoms with Gasteiger partial charge in [-0.2, -0.15) is 0 Å². The topological polar surface area (TPSA) is 67.8 Å². The molecule has 0 aliphatic rings. The van der Waals surface area contributed by atoms with Crippen molar-refractivity contribution in [3.63, 3.8) is 0 Å². The number of methoxy groups -OCH3 is 1. The molecule has 28 heavy (non-hydrogen) atoms. The third-order valence-corrected chi connectivity index (χ3v) is 5.26. The molecule has 1 heterocycles. The molecule has 0 amide bonds. The lowest BCUT2D eigenvalue weighted by Gasteiger charge is -2.15. The van der Waals surface area contributed by atoms with Crippen molar-refractivity contribution in [2.24, 2.45) is 4.99 Å². The zero-order valence-corrected chi connectivity index (χ0v) is 18.2. The zero-order chi connectivity index (χ0) is 20.2. The zero-order valence-electron chi connectivity index (χ0n) is 17.4. The number of guanidine groups is 1. The number of rotatable bonds is 11. The van der Waals surface area contributed by atoms with Crippen molar-refractivity contribution in [1.29, 1.82) is 0 Å². The number of aromatic nitrogens is 1. The summed E-state index contributed by atoms with van der Waals surface area (Å²) in [7, 11) is 3.49. The quantitative estimate of drug-likeness (QED) is 0.342. The highest BCUT2D eigenvalue weighted by Gasteiger charge is 2.07. The molecule has 1 aromatic heterocycles. The number of nitrogens with one attached hydrogen (secondary N) is 2. The van der Waals surface area contributed by atoms with E-state index in [0.29, 0.717) is 19.8 Å². The van der Waals surface area contributed by atoms with Crippen LogP contribution in [0.3, 0.4) is 0 Å². The van der Waals surface area contributed by atoms with E-state index in [2.05, 4.69) is 58.0 Å². The van der Waals surface area contributed by atoms with Crippen LogP contribution in [-0.2, 0) is 24.1 Å². The van der Waals surface area contributed by atoms with E-state index in [4.69, 9.17) is 9.47 Å². The second-order valence-electron chi connectivity index (χ2n) is 6.49. The monoisotopic (exact) mass is 404 g/mol. The standard InChI is InChI=1S/C21H32N4O2S/c1-5-20-25-18(15-28-20)9-10-23-21(22-3)24-14-17-8-7-16(2)13-19(17)27-12-6-11-26-4/h7-8,13,15H,5-6,9-12,14H2,1-4H3,(H2,22,23,24). The Morgan fingerprint density at radius 2 is 2.11 bits per heavy atom. The number of aliphatic imine (C=N–C) groups is 1. The third-order valence-electron chi connectivity index (χ3n) is 4.22. The molecule has 0 unspecified atom stereocenters. The summed E-state index contributed by atoms with van der Waals surface area (Å²) < 4.78 is 11.0. The number of ether oxygens (including phenoxy) is 2. The Hall–Kier alpha value is -2.12. The van der Waals surface area contributed by atoms with Crippen LogP contribution in [0.25, 0.3) is 0 Å². The van der Waals surface area contributed by atoms with Crippen molar-refractivity contribution in [2.45, 2.75) is 39.7 Å². The van der Waals surface area contributed by atoms with Crippen molar-refractivity contribution in [3.8, 4) is 5.75 Å². The fourth-order valence-corrected chi connectivity index (χ4v) is 3.44. The minimum absolute atomic E-state index is 0.644. The first kappa shape index (κ1) is 22.2. The number of thiazole rings is 1. The number of nitrogens with zero attached hydrogens (tertiary/aromatic N) is 2. The second kappa shape index (κ2) is 12.4. The lowest BCUT2D eigenvalue weighted by atomic mass is 10.1. The van der Waals surface area contributed by atoms with Crippen molar-refractivity contribution in [3.05, 3.63) is 45.4 Å². The van der Waals surface area contributed by atoms with Crippen molar-refractivity contribution < 1.29 is 9.47 Å². The SMILES string of the molecule is CCc1nc(CCNC(=NC)NCc2ccc(C)cc2OCCCOC)cs1. The number of hydrogen-bond donors (Lipinski definition) is 2. The third kappa shape index (κ3) is 7.48. The minimum atomic E-state index is 0.644. The molecule has 154 valence electrons. The molecular weight excluding hydrogens is 372 g/mol. The Morgan fingerprint density at radius 3 is 2.82 bits per heavy atom. The predicted molar refractivity (Wildman–Crippen MR) is 117 cm³/mol. The van der Waals surface area contributed by atoms with E-state index in [9.17, 15) is 0 Å². The van der Waals surface area contributed by atoms with Gasteiger partial charge in [0.1, 0.15) is 5.75 Å². The molecule has 0 saturated carbocycles. The minimum Gasteiger partial charge on any atom is -0.493 e. The van der Waals surface area contributed by atoms with Gasteiger partial charge in [0.2, 0.25) is 0 Å². The van der Waals surface area contributed by atoms with Gasteiger partial charge >= 0.3 is 0 Å². The Morgan fingerprint density at radius 1 is 1.25 bits per heavy atom. The van der Waals surface area contributed by atoms with Crippen LogP contribution in [0.4, 0.5) is 0 Å². The highest BCUT2D eigenvalue weighted by atomic mass is 32.1. The smallest absolute Gasteiger partial charge is 0.191 e. The fraction of sp³-hybridized carbons (Fsp3) is 0.524. The van der Waals surface area contributed by atoms with Crippen LogP contribution in [0.2, 0.25) is 0 Å². The van der Waals surface area contributed by atoms with Gasteiger partial charge in [-0.3, -0.25) is 4.99 Å². The van der Waals surface area contributed by atoms with Gasteiger partial charge in [-0.15, -0.1) is 11.3 Å². The Kier molecular flexibility index (Phi) is 9.79. The van der Waals surface area contributed by atoms with Gasteiger partial charge in [0.05, 0.1) is 17.3 Å². The Balaban J connectivity index is 1.83. The van der Waals surface area contributed by atoms with E-state index >= 15 is 0 Å². The first-order chi connectivity index (χ1) is 13.7. The molecular formula is C21H32N4O2S. The highest BCUT2D eigenvalue weighted by molar-refractivity contribution is 7.09. The molecule has 0 atom stereocenters. The van der Waals surface area contributed by atoms with Gasteiger partial charge in [0, 0.05) is 57.6 Å². The molecule has 0 bridgehead atoms. The normalized spacial score (nSPS) is 11.5. The summed E-state index contributed by atoms with van der Waals surface area (Å²) in [5.41, 5.74) is 3.43. The van der Waals surface area contributed by atoms with Crippen LogP contribution in [0, 0.1) is 6.92 Å². The molecule has 0 fully saturated rings. The molecule has 2 N–H and O–H groups in total. The van der Waals surface area contributed by atoms with Crippen LogP contribution in [-0.4, -0.2) is 44.9 Å². The van der Waals surface area contributed by atoms with E-state index in [0.717, 1.165) is 48.8 Å². The molecule has 0 aliphatic carbocycles.